The molecule has 1 aromatic carbocycles. The van der Waals surface area contributed by atoms with Crippen molar-refractivity contribution in [2.45, 2.75) is 39.2 Å². The fraction of sp³-hybridized carbons (Fsp3) is 0.611. The number of imidazole rings is 1. The van der Waals surface area contributed by atoms with Gasteiger partial charge in [0.1, 0.15) is 5.82 Å². The Morgan fingerprint density at radius 1 is 1.14 bits per heavy atom. The van der Waals surface area contributed by atoms with Crippen LogP contribution in [0.5, 0.6) is 0 Å². The van der Waals surface area contributed by atoms with Crippen LogP contribution in [0.3, 0.4) is 0 Å². The van der Waals surface area contributed by atoms with Gasteiger partial charge < -0.3 is 14.2 Å². The molecule has 1 aliphatic heterocycles. The molecule has 22 heavy (non-hydrogen) atoms. The number of para-hydroxylation sites is 2. The molecule has 2 heterocycles. The molecule has 0 radical (unpaired) electrons. The predicted octanol–water partition coefficient (Wildman–Crippen LogP) is 3.10. The van der Waals surface area contributed by atoms with Crippen LogP contribution in [0.25, 0.3) is 11.0 Å². The number of benzene rings is 1. The monoisotopic (exact) mass is 301 g/mol. The molecule has 120 valence electrons. The molecule has 0 amide bonds. The van der Waals surface area contributed by atoms with Crippen LogP contribution in [0.1, 0.15) is 32.0 Å². The molecule has 4 nitrogen and oxygen atoms in total. The molecule has 0 unspecified atom stereocenters. The van der Waals surface area contributed by atoms with E-state index in [-0.39, 0.29) is 0 Å². The number of ether oxygens (including phenoxy) is 1. The Labute approximate surface area is 133 Å². The highest BCUT2D eigenvalue weighted by Gasteiger charge is 2.13. The summed E-state index contributed by atoms with van der Waals surface area (Å²) in [5, 5.41) is 0. The first-order valence-electron chi connectivity index (χ1n) is 8.62. The minimum absolute atomic E-state index is 0.760. The molecule has 1 fully saturated rings. The summed E-state index contributed by atoms with van der Waals surface area (Å²) in [5.41, 5.74) is 2.34. The van der Waals surface area contributed by atoms with E-state index in [4.69, 9.17) is 9.72 Å². The van der Waals surface area contributed by atoms with Crippen molar-refractivity contribution < 1.29 is 4.74 Å². The molecule has 1 aliphatic rings. The lowest BCUT2D eigenvalue weighted by atomic mass is 10.2. The quantitative estimate of drug-likeness (QED) is 0.702. The Morgan fingerprint density at radius 3 is 2.77 bits per heavy atom. The number of likely N-dealkylation sites (tertiary alicyclic amines) is 1. The highest BCUT2D eigenvalue weighted by Crippen LogP contribution is 2.17. The maximum Gasteiger partial charge on any atom is 0.109 e. The van der Waals surface area contributed by atoms with Crippen molar-refractivity contribution in [3.8, 4) is 0 Å². The summed E-state index contributed by atoms with van der Waals surface area (Å²) in [6.07, 6.45) is 4.98. The minimum atomic E-state index is 0.760. The van der Waals surface area contributed by atoms with Gasteiger partial charge in [-0.05, 0) is 58.0 Å². The Morgan fingerprint density at radius 2 is 1.95 bits per heavy atom. The number of nitrogens with zero attached hydrogens (tertiary/aromatic N) is 3. The lowest BCUT2D eigenvalue weighted by molar-refractivity contribution is 0.139. The highest BCUT2D eigenvalue weighted by molar-refractivity contribution is 5.75. The number of rotatable bonds is 8. The molecule has 0 aliphatic carbocycles. The lowest BCUT2D eigenvalue weighted by Crippen LogP contribution is -2.21. The Balaban J connectivity index is 1.67. The van der Waals surface area contributed by atoms with E-state index in [2.05, 4.69) is 33.7 Å². The SMILES string of the molecule is CCOCCn1c(CCCN2CCCC2)nc2ccccc21. The van der Waals surface area contributed by atoms with Crippen molar-refractivity contribution in [1.29, 1.82) is 0 Å². The second-order valence-electron chi connectivity index (χ2n) is 6.02. The summed E-state index contributed by atoms with van der Waals surface area (Å²) >= 11 is 0. The van der Waals surface area contributed by atoms with E-state index in [1.54, 1.807) is 0 Å². The standard InChI is InChI=1S/C18H27N3O/c1-2-22-15-14-21-17-9-4-3-8-16(17)19-18(21)10-7-13-20-11-5-6-12-20/h3-4,8-9H,2,5-7,10-15H2,1H3. The number of aryl methyl sites for hydroxylation is 1. The van der Waals surface area contributed by atoms with Gasteiger partial charge in [-0.15, -0.1) is 0 Å². The number of aromatic nitrogens is 2. The molecule has 2 aromatic rings. The molecular formula is C18H27N3O. The fourth-order valence-electron chi connectivity index (χ4n) is 3.33. The van der Waals surface area contributed by atoms with E-state index < -0.39 is 0 Å². The van der Waals surface area contributed by atoms with Gasteiger partial charge >= 0.3 is 0 Å². The van der Waals surface area contributed by atoms with Crippen LogP contribution in [-0.4, -0.2) is 47.3 Å². The maximum absolute atomic E-state index is 5.54. The second-order valence-corrected chi connectivity index (χ2v) is 6.02. The van der Waals surface area contributed by atoms with E-state index >= 15 is 0 Å². The van der Waals surface area contributed by atoms with Gasteiger partial charge in [-0.3, -0.25) is 0 Å². The third-order valence-corrected chi connectivity index (χ3v) is 4.47. The predicted molar refractivity (Wildman–Crippen MR) is 90.2 cm³/mol. The van der Waals surface area contributed by atoms with Crippen molar-refractivity contribution in [2.75, 3.05) is 32.8 Å². The topological polar surface area (TPSA) is 30.3 Å². The van der Waals surface area contributed by atoms with Crippen LogP contribution >= 0.6 is 0 Å². The summed E-state index contributed by atoms with van der Waals surface area (Å²) in [6.45, 7) is 8.24. The summed E-state index contributed by atoms with van der Waals surface area (Å²) in [4.78, 5) is 7.42. The van der Waals surface area contributed by atoms with E-state index in [0.29, 0.717) is 0 Å². The summed E-state index contributed by atoms with van der Waals surface area (Å²) in [6, 6.07) is 8.43. The van der Waals surface area contributed by atoms with Crippen molar-refractivity contribution in [2.24, 2.45) is 0 Å². The van der Waals surface area contributed by atoms with Crippen molar-refractivity contribution in [3.05, 3.63) is 30.1 Å². The summed E-state index contributed by atoms with van der Waals surface area (Å²) in [5.74, 6) is 1.21. The van der Waals surface area contributed by atoms with Gasteiger partial charge in [-0.1, -0.05) is 12.1 Å². The fourth-order valence-corrected chi connectivity index (χ4v) is 3.33. The number of hydrogen-bond acceptors (Lipinski definition) is 3. The Bertz CT molecular complexity index is 587. The van der Waals surface area contributed by atoms with Crippen LogP contribution in [-0.2, 0) is 17.7 Å². The van der Waals surface area contributed by atoms with Gasteiger partial charge in [0.15, 0.2) is 0 Å². The minimum Gasteiger partial charge on any atom is -0.380 e. The average molecular weight is 301 g/mol. The second kappa shape index (κ2) is 7.75. The molecule has 0 atom stereocenters. The van der Waals surface area contributed by atoms with Gasteiger partial charge in [0.25, 0.3) is 0 Å². The van der Waals surface area contributed by atoms with Gasteiger partial charge in [0, 0.05) is 19.6 Å². The molecular weight excluding hydrogens is 274 g/mol. The zero-order chi connectivity index (χ0) is 15.2. The first-order chi connectivity index (χ1) is 10.9. The van der Waals surface area contributed by atoms with Gasteiger partial charge in [-0.2, -0.15) is 0 Å². The van der Waals surface area contributed by atoms with Crippen LogP contribution in [0, 0.1) is 0 Å². The average Bonchev–Trinajstić information content (AvgIpc) is 3.16. The zero-order valence-corrected chi connectivity index (χ0v) is 13.6. The normalized spacial score (nSPS) is 15.9. The summed E-state index contributed by atoms with van der Waals surface area (Å²) in [7, 11) is 0. The Kier molecular flexibility index (Phi) is 5.46. The molecule has 0 spiro atoms. The number of fused-ring (bicyclic) bond motifs is 1. The molecule has 1 aromatic heterocycles. The molecule has 0 N–H and O–H groups in total. The van der Waals surface area contributed by atoms with Crippen molar-refractivity contribution in [3.63, 3.8) is 0 Å². The maximum atomic E-state index is 5.54. The molecule has 0 bridgehead atoms. The third kappa shape index (κ3) is 3.68. The van der Waals surface area contributed by atoms with Crippen LogP contribution < -0.4 is 0 Å². The number of hydrogen-bond donors (Lipinski definition) is 0. The summed E-state index contributed by atoms with van der Waals surface area (Å²) < 4.78 is 7.88. The smallest absolute Gasteiger partial charge is 0.109 e. The van der Waals surface area contributed by atoms with Crippen molar-refractivity contribution >= 4 is 11.0 Å². The zero-order valence-electron chi connectivity index (χ0n) is 13.6. The molecule has 3 rings (SSSR count). The van der Waals surface area contributed by atoms with Crippen LogP contribution in [0.2, 0.25) is 0 Å². The van der Waals surface area contributed by atoms with Crippen molar-refractivity contribution in [1.82, 2.24) is 14.5 Å². The first kappa shape index (κ1) is 15.5. The third-order valence-electron chi connectivity index (χ3n) is 4.47. The van der Waals surface area contributed by atoms with Gasteiger partial charge in [0.05, 0.1) is 17.6 Å². The highest BCUT2D eigenvalue weighted by atomic mass is 16.5. The first-order valence-corrected chi connectivity index (χ1v) is 8.62. The molecule has 1 saturated heterocycles. The van der Waals surface area contributed by atoms with Crippen LogP contribution in [0.15, 0.2) is 24.3 Å². The van der Waals surface area contributed by atoms with Gasteiger partial charge in [0.2, 0.25) is 0 Å². The van der Waals surface area contributed by atoms with E-state index in [1.165, 1.54) is 50.2 Å². The van der Waals surface area contributed by atoms with Crippen LogP contribution in [0.4, 0.5) is 0 Å². The largest absolute Gasteiger partial charge is 0.380 e. The Hall–Kier alpha value is -1.39. The van der Waals surface area contributed by atoms with E-state index in [0.717, 1.165) is 31.7 Å². The lowest BCUT2D eigenvalue weighted by Gasteiger charge is -2.14. The van der Waals surface area contributed by atoms with E-state index in [9.17, 15) is 0 Å². The molecule has 0 saturated carbocycles. The van der Waals surface area contributed by atoms with E-state index in [1.807, 2.05) is 6.92 Å². The van der Waals surface area contributed by atoms with Gasteiger partial charge in [-0.25, -0.2) is 4.98 Å². The molecule has 4 heteroatoms.